The van der Waals surface area contributed by atoms with E-state index in [1.807, 2.05) is 18.2 Å². The number of nitrogens with zero attached hydrogens (tertiary/aromatic N) is 2. The van der Waals surface area contributed by atoms with E-state index in [-0.39, 0.29) is 11.5 Å². The Morgan fingerprint density at radius 2 is 2.17 bits per heavy atom. The van der Waals surface area contributed by atoms with Gasteiger partial charge in [0.2, 0.25) is 5.56 Å². The van der Waals surface area contributed by atoms with Gasteiger partial charge in [0.15, 0.2) is 0 Å². The largest absolute Gasteiger partial charge is 0.336 e. The molecule has 0 aliphatic carbocycles. The molecule has 5 heteroatoms. The summed E-state index contributed by atoms with van der Waals surface area (Å²) < 4.78 is 0. The molecule has 0 aliphatic heterocycles. The summed E-state index contributed by atoms with van der Waals surface area (Å²) in [6.45, 7) is 0.429. The van der Waals surface area contributed by atoms with Crippen molar-refractivity contribution < 1.29 is 4.79 Å². The number of pyridine rings is 2. The van der Waals surface area contributed by atoms with Gasteiger partial charge < -0.3 is 9.88 Å². The highest BCUT2D eigenvalue weighted by Gasteiger charge is 2.12. The number of rotatable bonds is 3. The van der Waals surface area contributed by atoms with Crippen LogP contribution in [0.5, 0.6) is 0 Å². The van der Waals surface area contributed by atoms with Crippen molar-refractivity contribution in [2.75, 3.05) is 7.05 Å². The van der Waals surface area contributed by atoms with E-state index in [1.54, 1.807) is 18.1 Å². The normalized spacial score (nSPS) is 10.1. The summed E-state index contributed by atoms with van der Waals surface area (Å²) in [6.07, 6.45) is 3.10. The van der Waals surface area contributed by atoms with Gasteiger partial charge in [-0.05, 0) is 18.2 Å². The SMILES string of the molecule is CN(Cc1ccccn1)C(=O)c1ccc(=O)[nH]c1. The predicted molar refractivity (Wildman–Crippen MR) is 67.1 cm³/mol. The highest BCUT2D eigenvalue weighted by atomic mass is 16.2. The van der Waals surface area contributed by atoms with Crippen molar-refractivity contribution in [3.05, 3.63) is 64.3 Å². The Labute approximate surface area is 104 Å². The van der Waals surface area contributed by atoms with E-state index in [0.717, 1.165) is 5.69 Å². The summed E-state index contributed by atoms with van der Waals surface area (Å²) >= 11 is 0. The number of nitrogens with one attached hydrogen (secondary N) is 1. The molecule has 2 aromatic rings. The summed E-state index contributed by atoms with van der Waals surface area (Å²) in [6, 6.07) is 8.41. The maximum absolute atomic E-state index is 12.0. The molecule has 0 radical (unpaired) electrons. The van der Waals surface area contributed by atoms with Crippen LogP contribution in [-0.4, -0.2) is 27.8 Å². The lowest BCUT2D eigenvalue weighted by Gasteiger charge is -2.16. The van der Waals surface area contributed by atoms with Crippen molar-refractivity contribution >= 4 is 5.91 Å². The minimum Gasteiger partial charge on any atom is -0.336 e. The Kier molecular flexibility index (Phi) is 3.52. The molecule has 2 heterocycles. The molecule has 2 aromatic heterocycles. The predicted octanol–water partition coefficient (Wildman–Crippen LogP) is 1.04. The minimum absolute atomic E-state index is 0.156. The molecule has 1 amide bonds. The van der Waals surface area contributed by atoms with Gasteiger partial charge in [0.1, 0.15) is 0 Å². The summed E-state index contributed by atoms with van der Waals surface area (Å²) in [4.78, 5) is 31.1. The van der Waals surface area contributed by atoms with Gasteiger partial charge >= 0.3 is 0 Å². The standard InChI is InChI=1S/C13H13N3O2/c1-16(9-11-4-2-3-7-14-11)13(18)10-5-6-12(17)15-8-10/h2-8H,9H2,1H3,(H,15,17). The summed E-state index contributed by atoms with van der Waals surface area (Å²) in [5.74, 6) is -0.156. The average molecular weight is 243 g/mol. The zero-order valence-electron chi connectivity index (χ0n) is 9.96. The second-order valence-electron chi connectivity index (χ2n) is 3.92. The van der Waals surface area contributed by atoms with Crippen molar-refractivity contribution in [1.82, 2.24) is 14.9 Å². The van der Waals surface area contributed by atoms with Gasteiger partial charge in [-0.3, -0.25) is 14.6 Å². The molecule has 0 bridgehead atoms. The number of aromatic nitrogens is 2. The molecular weight excluding hydrogens is 230 g/mol. The molecule has 5 nitrogen and oxygen atoms in total. The third-order valence-electron chi connectivity index (χ3n) is 2.50. The third kappa shape index (κ3) is 2.82. The number of carbonyl (C=O) groups excluding carboxylic acids is 1. The first-order valence-electron chi connectivity index (χ1n) is 5.51. The summed E-state index contributed by atoms with van der Waals surface area (Å²) in [7, 11) is 1.70. The molecule has 92 valence electrons. The maximum atomic E-state index is 12.0. The van der Waals surface area contributed by atoms with E-state index in [1.165, 1.54) is 18.3 Å². The Morgan fingerprint density at radius 1 is 1.33 bits per heavy atom. The minimum atomic E-state index is -0.223. The van der Waals surface area contributed by atoms with E-state index in [2.05, 4.69) is 9.97 Å². The van der Waals surface area contributed by atoms with Crippen molar-refractivity contribution in [1.29, 1.82) is 0 Å². The Morgan fingerprint density at radius 3 is 2.78 bits per heavy atom. The molecule has 0 fully saturated rings. The van der Waals surface area contributed by atoms with Gasteiger partial charge in [0.05, 0.1) is 17.8 Å². The van der Waals surface area contributed by atoms with Crippen LogP contribution in [0.3, 0.4) is 0 Å². The van der Waals surface area contributed by atoms with Gasteiger partial charge in [-0.2, -0.15) is 0 Å². The first-order chi connectivity index (χ1) is 8.66. The Balaban J connectivity index is 2.09. The quantitative estimate of drug-likeness (QED) is 0.876. The maximum Gasteiger partial charge on any atom is 0.255 e. The fourth-order valence-electron chi connectivity index (χ4n) is 1.57. The second-order valence-corrected chi connectivity index (χ2v) is 3.92. The van der Waals surface area contributed by atoms with Crippen LogP contribution in [0.25, 0.3) is 0 Å². The molecule has 0 spiro atoms. The summed E-state index contributed by atoms with van der Waals surface area (Å²) in [5.41, 5.74) is 1.05. The van der Waals surface area contributed by atoms with Gasteiger partial charge in [-0.25, -0.2) is 0 Å². The first-order valence-corrected chi connectivity index (χ1v) is 5.51. The van der Waals surface area contributed by atoms with Crippen molar-refractivity contribution in [2.45, 2.75) is 6.54 Å². The van der Waals surface area contributed by atoms with Crippen LogP contribution >= 0.6 is 0 Å². The Hall–Kier alpha value is -2.43. The van der Waals surface area contributed by atoms with E-state index >= 15 is 0 Å². The molecule has 1 N–H and O–H groups in total. The molecular formula is C13H13N3O2. The average Bonchev–Trinajstić information content (AvgIpc) is 2.40. The van der Waals surface area contributed by atoms with Crippen LogP contribution in [0.1, 0.15) is 16.1 Å². The van der Waals surface area contributed by atoms with Gasteiger partial charge in [0.25, 0.3) is 5.91 Å². The smallest absolute Gasteiger partial charge is 0.255 e. The topological polar surface area (TPSA) is 66.1 Å². The van der Waals surface area contributed by atoms with Gasteiger partial charge in [-0.1, -0.05) is 6.07 Å². The third-order valence-corrected chi connectivity index (χ3v) is 2.50. The number of aromatic amines is 1. The van der Waals surface area contributed by atoms with E-state index in [4.69, 9.17) is 0 Å². The molecule has 0 unspecified atom stereocenters. The first kappa shape index (κ1) is 12.0. The van der Waals surface area contributed by atoms with Crippen molar-refractivity contribution in [3.8, 4) is 0 Å². The van der Waals surface area contributed by atoms with Crippen molar-refractivity contribution in [2.24, 2.45) is 0 Å². The van der Waals surface area contributed by atoms with Crippen LogP contribution in [0, 0.1) is 0 Å². The zero-order chi connectivity index (χ0) is 13.0. The monoisotopic (exact) mass is 243 g/mol. The van der Waals surface area contributed by atoms with Gasteiger partial charge in [0, 0.05) is 25.5 Å². The fourth-order valence-corrected chi connectivity index (χ4v) is 1.57. The number of hydrogen-bond donors (Lipinski definition) is 1. The zero-order valence-corrected chi connectivity index (χ0v) is 9.96. The van der Waals surface area contributed by atoms with E-state index in [9.17, 15) is 9.59 Å². The second kappa shape index (κ2) is 5.27. The Bertz CT molecular complexity index is 572. The van der Waals surface area contributed by atoms with Crippen molar-refractivity contribution in [3.63, 3.8) is 0 Å². The van der Waals surface area contributed by atoms with Crippen LogP contribution in [0.15, 0.2) is 47.5 Å². The lowest BCUT2D eigenvalue weighted by Crippen LogP contribution is -2.27. The molecule has 2 rings (SSSR count). The molecule has 18 heavy (non-hydrogen) atoms. The van der Waals surface area contributed by atoms with Gasteiger partial charge in [-0.15, -0.1) is 0 Å². The molecule has 0 saturated carbocycles. The molecule has 0 saturated heterocycles. The highest BCUT2D eigenvalue weighted by molar-refractivity contribution is 5.93. The fraction of sp³-hybridized carbons (Fsp3) is 0.154. The number of carbonyl (C=O) groups is 1. The van der Waals surface area contributed by atoms with Crippen LogP contribution in [0.2, 0.25) is 0 Å². The summed E-state index contributed by atoms with van der Waals surface area (Å²) in [5, 5.41) is 0. The molecule has 0 atom stereocenters. The number of amides is 1. The number of H-pyrrole nitrogens is 1. The van der Waals surface area contributed by atoms with Crippen LogP contribution in [-0.2, 0) is 6.54 Å². The van der Waals surface area contributed by atoms with E-state index in [0.29, 0.717) is 12.1 Å². The molecule has 0 aromatic carbocycles. The molecule has 0 aliphatic rings. The lowest BCUT2D eigenvalue weighted by atomic mass is 10.2. The van der Waals surface area contributed by atoms with Crippen LogP contribution < -0.4 is 5.56 Å². The lowest BCUT2D eigenvalue weighted by molar-refractivity contribution is 0.0783. The number of hydrogen-bond acceptors (Lipinski definition) is 3. The van der Waals surface area contributed by atoms with Crippen LogP contribution in [0.4, 0.5) is 0 Å². The highest BCUT2D eigenvalue weighted by Crippen LogP contribution is 2.04. The van der Waals surface area contributed by atoms with E-state index < -0.39 is 0 Å².